The number of halogens is 4. The zero-order chi connectivity index (χ0) is 13.9. The number of nitrogens with zero attached hydrogens (tertiary/aromatic N) is 1. The molecule has 0 fully saturated rings. The van der Waals surface area contributed by atoms with Crippen molar-refractivity contribution in [1.29, 1.82) is 5.26 Å². The van der Waals surface area contributed by atoms with E-state index in [4.69, 9.17) is 5.26 Å². The number of ketones is 1. The Morgan fingerprint density at radius 2 is 2.06 bits per heavy atom. The molecular weight excluding hydrogens is 315 g/mol. The van der Waals surface area contributed by atoms with E-state index in [9.17, 15) is 22.8 Å². The van der Waals surface area contributed by atoms with Crippen LogP contribution in [0.1, 0.15) is 31.8 Å². The lowest BCUT2D eigenvalue weighted by Crippen LogP contribution is -2.15. The number of aldehydes is 1. The summed E-state index contributed by atoms with van der Waals surface area (Å²) in [4.78, 5) is 22.2. The van der Waals surface area contributed by atoms with Crippen molar-refractivity contribution in [3.8, 4) is 6.07 Å². The first kappa shape index (κ1) is 14.4. The topological polar surface area (TPSA) is 57.9 Å². The first-order valence-corrected chi connectivity index (χ1v) is 5.67. The molecule has 0 saturated carbocycles. The number of hydrogen-bond donors (Lipinski definition) is 0. The lowest BCUT2D eigenvalue weighted by atomic mass is 9.94. The Labute approximate surface area is 108 Å². The van der Waals surface area contributed by atoms with Crippen LogP contribution in [0.4, 0.5) is 13.2 Å². The molecular formula is C11H5BrF3NO2. The molecule has 0 heterocycles. The molecule has 0 N–H and O–H groups in total. The molecule has 3 nitrogen and oxygen atoms in total. The monoisotopic (exact) mass is 319 g/mol. The molecule has 0 unspecified atom stereocenters. The Morgan fingerprint density at radius 1 is 1.44 bits per heavy atom. The van der Waals surface area contributed by atoms with E-state index in [-0.39, 0.29) is 17.2 Å². The van der Waals surface area contributed by atoms with Crippen LogP contribution in [-0.2, 0) is 6.18 Å². The fourth-order valence-electron chi connectivity index (χ4n) is 1.44. The number of alkyl halides is 4. The maximum absolute atomic E-state index is 12.7. The van der Waals surface area contributed by atoms with Gasteiger partial charge in [0.2, 0.25) is 0 Å². The molecule has 18 heavy (non-hydrogen) atoms. The summed E-state index contributed by atoms with van der Waals surface area (Å²) in [6.45, 7) is 0. The van der Waals surface area contributed by atoms with Gasteiger partial charge in [-0.25, -0.2) is 0 Å². The highest BCUT2D eigenvalue weighted by molar-refractivity contribution is 9.09. The SMILES string of the molecule is N#Cc1c(C(F)(F)F)ccc(C=O)c1C(=O)CBr. The third kappa shape index (κ3) is 2.59. The second-order valence-corrected chi connectivity index (χ2v) is 3.80. The number of hydrogen-bond acceptors (Lipinski definition) is 3. The van der Waals surface area contributed by atoms with Gasteiger partial charge in [0, 0.05) is 11.1 Å². The van der Waals surface area contributed by atoms with E-state index in [0.29, 0.717) is 6.07 Å². The van der Waals surface area contributed by atoms with Gasteiger partial charge in [-0.1, -0.05) is 22.0 Å². The van der Waals surface area contributed by atoms with Crippen LogP contribution in [0.5, 0.6) is 0 Å². The summed E-state index contributed by atoms with van der Waals surface area (Å²) in [5.41, 5.74) is -2.78. The largest absolute Gasteiger partial charge is 0.417 e. The Morgan fingerprint density at radius 3 is 2.44 bits per heavy atom. The fourth-order valence-corrected chi connectivity index (χ4v) is 1.72. The molecule has 0 atom stereocenters. The van der Waals surface area contributed by atoms with Crippen molar-refractivity contribution in [3.63, 3.8) is 0 Å². The average Bonchev–Trinajstić information content (AvgIpc) is 2.34. The molecule has 94 valence electrons. The van der Waals surface area contributed by atoms with Crippen molar-refractivity contribution in [3.05, 3.63) is 34.4 Å². The number of Topliss-reactive ketones (excluding diaryl/α,β-unsaturated/α-hetero) is 1. The summed E-state index contributed by atoms with van der Waals surface area (Å²) in [6.07, 6.45) is -4.51. The molecule has 0 aliphatic carbocycles. The van der Waals surface area contributed by atoms with Gasteiger partial charge < -0.3 is 0 Å². The van der Waals surface area contributed by atoms with E-state index < -0.39 is 28.6 Å². The fraction of sp³-hybridized carbons (Fsp3) is 0.182. The van der Waals surface area contributed by atoms with Crippen molar-refractivity contribution in [2.24, 2.45) is 0 Å². The Hall–Kier alpha value is -1.68. The van der Waals surface area contributed by atoms with Gasteiger partial charge in [-0.15, -0.1) is 0 Å². The molecule has 0 bridgehead atoms. The van der Waals surface area contributed by atoms with Crippen LogP contribution < -0.4 is 0 Å². The van der Waals surface area contributed by atoms with Gasteiger partial charge in [-0.2, -0.15) is 18.4 Å². The highest BCUT2D eigenvalue weighted by Gasteiger charge is 2.36. The highest BCUT2D eigenvalue weighted by Crippen LogP contribution is 2.34. The van der Waals surface area contributed by atoms with Crippen LogP contribution in [0.2, 0.25) is 0 Å². The maximum Gasteiger partial charge on any atom is 0.417 e. The summed E-state index contributed by atoms with van der Waals surface area (Å²) in [7, 11) is 0. The van der Waals surface area contributed by atoms with Crippen molar-refractivity contribution >= 4 is 28.0 Å². The molecule has 0 aliphatic rings. The lowest BCUT2D eigenvalue weighted by molar-refractivity contribution is -0.137. The number of carbonyl (C=O) groups is 2. The Balaban J connectivity index is 3.70. The molecule has 0 amide bonds. The van der Waals surface area contributed by atoms with Gasteiger partial charge in [0.15, 0.2) is 12.1 Å². The summed E-state index contributed by atoms with van der Waals surface area (Å²) < 4.78 is 38.0. The highest BCUT2D eigenvalue weighted by atomic mass is 79.9. The lowest BCUT2D eigenvalue weighted by Gasteiger charge is -2.12. The van der Waals surface area contributed by atoms with Gasteiger partial charge in [0.25, 0.3) is 0 Å². The second-order valence-electron chi connectivity index (χ2n) is 3.24. The van der Waals surface area contributed by atoms with Crippen molar-refractivity contribution in [2.75, 3.05) is 5.33 Å². The summed E-state index contributed by atoms with van der Waals surface area (Å²) in [6, 6.07) is 2.84. The van der Waals surface area contributed by atoms with Crippen molar-refractivity contribution in [1.82, 2.24) is 0 Å². The minimum absolute atomic E-state index is 0.232. The van der Waals surface area contributed by atoms with Gasteiger partial charge in [0.1, 0.15) is 6.07 Å². The normalized spacial score (nSPS) is 10.8. The summed E-state index contributed by atoms with van der Waals surface area (Å²) in [5.74, 6) is -0.750. The molecule has 1 aromatic rings. The van der Waals surface area contributed by atoms with E-state index in [0.717, 1.165) is 6.07 Å². The molecule has 0 radical (unpaired) electrons. The average molecular weight is 320 g/mol. The number of benzene rings is 1. The van der Waals surface area contributed by atoms with Crippen molar-refractivity contribution in [2.45, 2.75) is 6.18 Å². The van der Waals surface area contributed by atoms with Crippen LogP contribution in [-0.4, -0.2) is 17.4 Å². The van der Waals surface area contributed by atoms with E-state index >= 15 is 0 Å². The van der Waals surface area contributed by atoms with Crippen LogP contribution in [0.3, 0.4) is 0 Å². The Bertz CT molecular complexity index is 546. The van der Waals surface area contributed by atoms with Gasteiger partial charge in [0.05, 0.1) is 16.5 Å². The van der Waals surface area contributed by atoms with Crippen molar-refractivity contribution < 1.29 is 22.8 Å². The molecule has 1 aromatic carbocycles. The smallest absolute Gasteiger partial charge is 0.298 e. The van der Waals surface area contributed by atoms with Gasteiger partial charge in [-0.05, 0) is 6.07 Å². The molecule has 0 saturated heterocycles. The molecule has 0 spiro atoms. The standard InChI is InChI=1S/C11H5BrF3NO2/c12-3-9(18)10-6(5-17)1-2-8(7(10)4-16)11(13,14)15/h1-2,5H,3H2. The van der Waals surface area contributed by atoms with Crippen LogP contribution in [0.25, 0.3) is 0 Å². The zero-order valence-electron chi connectivity index (χ0n) is 8.71. The minimum atomic E-state index is -4.76. The number of nitriles is 1. The third-order valence-electron chi connectivity index (χ3n) is 2.18. The first-order chi connectivity index (χ1) is 8.36. The molecule has 0 aliphatic heterocycles. The molecule has 1 rings (SSSR count). The second kappa shape index (κ2) is 5.31. The third-order valence-corrected chi connectivity index (χ3v) is 2.69. The van der Waals surface area contributed by atoms with E-state index in [1.165, 1.54) is 6.07 Å². The molecule has 0 aromatic heterocycles. The quantitative estimate of drug-likeness (QED) is 0.489. The van der Waals surface area contributed by atoms with Crippen LogP contribution in [0, 0.1) is 11.3 Å². The molecule has 7 heteroatoms. The summed E-state index contributed by atoms with van der Waals surface area (Å²) in [5, 5.41) is 8.52. The van der Waals surface area contributed by atoms with Crippen LogP contribution >= 0.6 is 15.9 Å². The maximum atomic E-state index is 12.7. The van der Waals surface area contributed by atoms with E-state index in [1.807, 2.05) is 0 Å². The summed E-state index contributed by atoms with van der Waals surface area (Å²) >= 11 is 2.80. The number of carbonyl (C=O) groups excluding carboxylic acids is 2. The van der Waals surface area contributed by atoms with Gasteiger partial charge >= 0.3 is 6.18 Å². The minimum Gasteiger partial charge on any atom is -0.298 e. The van der Waals surface area contributed by atoms with E-state index in [2.05, 4.69) is 15.9 Å². The number of rotatable bonds is 3. The zero-order valence-corrected chi connectivity index (χ0v) is 10.3. The van der Waals surface area contributed by atoms with Crippen LogP contribution in [0.15, 0.2) is 12.1 Å². The predicted octanol–water partition coefficient (Wildman–Crippen LogP) is 2.97. The predicted molar refractivity (Wildman–Crippen MR) is 59.7 cm³/mol. The Kier molecular flexibility index (Phi) is 4.24. The first-order valence-electron chi connectivity index (χ1n) is 4.55. The van der Waals surface area contributed by atoms with Gasteiger partial charge in [-0.3, -0.25) is 9.59 Å². The van der Waals surface area contributed by atoms with E-state index in [1.54, 1.807) is 0 Å².